The van der Waals surface area contributed by atoms with Crippen molar-refractivity contribution in [3.05, 3.63) is 29.8 Å². The van der Waals surface area contributed by atoms with Crippen LogP contribution in [0.15, 0.2) is 24.3 Å². The van der Waals surface area contributed by atoms with Crippen molar-refractivity contribution in [2.45, 2.75) is 25.4 Å². The van der Waals surface area contributed by atoms with Crippen LogP contribution in [-0.2, 0) is 15.9 Å². The third-order valence-corrected chi connectivity index (χ3v) is 4.87. The number of anilines is 1. The number of benzene rings is 1. The Labute approximate surface area is 150 Å². The highest BCUT2D eigenvalue weighted by Gasteiger charge is 2.20. The number of nitrogens with one attached hydrogen (secondary N) is 1. The molecule has 2 amide bonds. The molecule has 0 saturated carbocycles. The Hall–Kier alpha value is -1.63. The topological polar surface area (TPSA) is 54.0 Å². The molecular weight excluding hydrogens is 318 g/mol. The minimum atomic E-state index is -0.0865. The second-order valence-electron chi connectivity index (χ2n) is 6.85. The first-order chi connectivity index (χ1) is 12.2. The van der Waals surface area contributed by atoms with Crippen molar-refractivity contribution < 1.29 is 14.3 Å². The van der Waals surface area contributed by atoms with Crippen molar-refractivity contribution in [2.24, 2.45) is 0 Å². The molecule has 0 spiro atoms. The molecule has 0 unspecified atom stereocenters. The van der Waals surface area contributed by atoms with E-state index in [4.69, 9.17) is 9.47 Å². The second-order valence-corrected chi connectivity index (χ2v) is 6.85. The SMILES string of the molecule is CN(C[C@H]1CCCO1)C(=O)Nc1ccc(CCN2CCOCC2)cc1. The zero-order valence-electron chi connectivity index (χ0n) is 15.1. The first-order valence-corrected chi connectivity index (χ1v) is 9.23. The van der Waals surface area contributed by atoms with Gasteiger partial charge in [-0.15, -0.1) is 0 Å². The van der Waals surface area contributed by atoms with Crippen LogP contribution in [0.5, 0.6) is 0 Å². The van der Waals surface area contributed by atoms with Gasteiger partial charge in [-0.3, -0.25) is 4.90 Å². The normalized spacial score (nSPS) is 21.2. The van der Waals surface area contributed by atoms with Crippen LogP contribution in [0.4, 0.5) is 10.5 Å². The number of nitrogens with zero attached hydrogens (tertiary/aromatic N) is 2. The number of carbonyl (C=O) groups excluding carboxylic acids is 1. The maximum Gasteiger partial charge on any atom is 0.321 e. The highest BCUT2D eigenvalue weighted by Crippen LogP contribution is 2.15. The smallest absolute Gasteiger partial charge is 0.321 e. The quantitative estimate of drug-likeness (QED) is 0.857. The average molecular weight is 347 g/mol. The van der Waals surface area contributed by atoms with Crippen molar-refractivity contribution >= 4 is 11.7 Å². The van der Waals surface area contributed by atoms with Crippen molar-refractivity contribution in [3.63, 3.8) is 0 Å². The molecule has 25 heavy (non-hydrogen) atoms. The molecule has 138 valence electrons. The molecule has 2 heterocycles. The van der Waals surface area contributed by atoms with E-state index in [-0.39, 0.29) is 12.1 Å². The van der Waals surface area contributed by atoms with E-state index in [9.17, 15) is 4.79 Å². The predicted octanol–water partition coefficient (Wildman–Crippen LogP) is 2.20. The maximum absolute atomic E-state index is 12.3. The van der Waals surface area contributed by atoms with Gasteiger partial charge in [0.15, 0.2) is 0 Å². The molecule has 1 atom stereocenters. The van der Waals surface area contributed by atoms with E-state index in [2.05, 4.69) is 22.3 Å². The van der Waals surface area contributed by atoms with Gasteiger partial charge in [-0.1, -0.05) is 12.1 Å². The molecule has 1 aromatic carbocycles. The third-order valence-electron chi connectivity index (χ3n) is 4.87. The molecule has 6 heteroatoms. The number of amides is 2. The van der Waals surface area contributed by atoms with E-state index in [1.807, 2.05) is 19.2 Å². The summed E-state index contributed by atoms with van der Waals surface area (Å²) in [5.74, 6) is 0. The lowest BCUT2D eigenvalue weighted by Crippen LogP contribution is -2.37. The fourth-order valence-electron chi connectivity index (χ4n) is 3.26. The zero-order valence-corrected chi connectivity index (χ0v) is 15.1. The molecular formula is C19H29N3O3. The molecule has 2 fully saturated rings. The minimum absolute atomic E-state index is 0.0865. The first-order valence-electron chi connectivity index (χ1n) is 9.23. The van der Waals surface area contributed by atoms with Gasteiger partial charge in [0.1, 0.15) is 0 Å². The van der Waals surface area contributed by atoms with Gasteiger partial charge in [-0.2, -0.15) is 0 Å². The monoisotopic (exact) mass is 347 g/mol. The van der Waals surface area contributed by atoms with E-state index in [1.165, 1.54) is 5.56 Å². The standard InChI is InChI=1S/C19H29N3O3/c1-21(15-18-3-2-12-25-18)19(23)20-17-6-4-16(5-7-17)8-9-22-10-13-24-14-11-22/h4-7,18H,2-3,8-15H2,1H3,(H,20,23)/t18-/m1/s1. The fraction of sp³-hybridized carbons (Fsp3) is 0.632. The number of hydrogen-bond acceptors (Lipinski definition) is 4. The van der Waals surface area contributed by atoms with Crippen LogP contribution in [-0.4, -0.2) is 75.0 Å². The molecule has 3 rings (SSSR count). The Kier molecular flexibility index (Phi) is 6.67. The van der Waals surface area contributed by atoms with E-state index < -0.39 is 0 Å². The molecule has 1 N–H and O–H groups in total. The molecule has 6 nitrogen and oxygen atoms in total. The second kappa shape index (κ2) is 9.17. The van der Waals surface area contributed by atoms with Crippen molar-refractivity contribution in [1.82, 2.24) is 9.80 Å². The average Bonchev–Trinajstić information content (AvgIpc) is 3.15. The van der Waals surface area contributed by atoms with E-state index in [0.717, 1.165) is 64.4 Å². The van der Waals surface area contributed by atoms with Gasteiger partial charge in [0.05, 0.1) is 19.3 Å². The number of rotatable bonds is 6. The highest BCUT2D eigenvalue weighted by atomic mass is 16.5. The first kappa shape index (κ1) is 18.2. The molecule has 0 bridgehead atoms. The van der Waals surface area contributed by atoms with Gasteiger partial charge in [-0.25, -0.2) is 4.79 Å². The number of likely N-dealkylation sites (N-methyl/N-ethyl adjacent to an activating group) is 1. The van der Waals surface area contributed by atoms with Gasteiger partial charge < -0.3 is 19.7 Å². The summed E-state index contributed by atoms with van der Waals surface area (Å²) in [6, 6.07) is 8.06. The van der Waals surface area contributed by atoms with Crippen LogP contribution in [0.3, 0.4) is 0 Å². The lowest BCUT2D eigenvalue weighted by molar-refractivity contribution is 0.0384. The van der Waals surface area contributed by atoms with Gasteiger partial charge in [-0.05, 0) is 37.0 Å². The molecule has 0 aliphatic carbocycles. The van der Waals surface area contributed by atoms with Crippen molar-refractivity contribution in [1.29, 1.82) is 0 Å². The maximum atomic E-state index is 12.3. The summed E-state index contributed by atoms with van der Waals surface area (Å²) in [6.45, 7) is 6.22. The third kappa shape index (κ3) is 5.70. The molecule has 0 aromatic heterocycles. The lowest BCUT2D eigenvalue weighted by atomic mass is 10.1. The van der Waals surface area contributed by atoms with Crippen molar-refractivity contribution in [3.8, 4) is 0 Å². The summed E-state index contributed by atoms with van der Waals surface area (Å²) >= 11 is 0. The van der Waals surface area contributed by atoms with Crippen LogP contribution in [0.1, 0.15) is 18.4 Å². The van der Waals surface area contributed by atoms with Crippen LogP contribution >= 0.6 is 0 Å². The number of urea groups is 1. The summed E-state index contributed by atoms with van der Waals surface area (Å²) in [6.07, 6.45) is 3.33. The van der Waals surface area contributed by atoms with Gasteiger partial charge >= 0.3 is 6.03 Å². The molecule has 2 aliphatic rings. The number of ether oxygens (including phenoxy) is 2. The Bertz CT molecular complexity index is 537. The van der Waals surface area contributed by atoms with Crippen LogP contribution in [0.2, 0.25) is 0 Å². The largest absolute Gasteiger partial charge is 0.379 e. The predicted molar refractivity (Wildman–Crippen MR) is 98.0 cm³/mol. The zero-order chi connectivity index (χ0) is 17.5. The number of morpholine rings is 1. The van der Waals surface area contributed by atoms with Gasteiger partial charge in [0, 0.05) is 45.5 Å². The number of hydrogen-bond donors (Lipinski definition) is 1. The van der Waals surface area contributed by atoms with Crippen LogP contribution in [0, 0.1) is 0 Å². The van der Waals surface area contributed by atoms with Crippen LogP contribution in [0.25, 0.3) is 0 Å². The summed E-state index contributed by atoms with van der Waals surface area (Å²) in [5, 5.41) is 2.95. The minimum Gasteiger partial charge on any atom is -0.379 e. The fourth-order valence-corrected chi connectivity index (χ4v) is 3.26. The van der Waals surface area contributed by atoms with Crippen LogP contribution < -0.4 is 5.32 Å². The summed E-state index contributed by atoms with van der Waals surface area (Å²) in [5.41, 5.74) is 2.12. The molecule has 2 saturated heterocycles. The van der Waals surface area contributed by atoms with Gasteiger partial charge in [0.25, 0.3) is 0 Å². The van der Waals surface area contributed by atoms with E-state index in [1.54, 1.807) is 4.90 Å². The Morgan fingerprint density at radius 1 is 1.24 bits per heavy atom. The summed E-state index contributed by atoms with van der Waals surface area (Å²) < 4.78 is 11.0. The van der Waals surface area contributed by atoms with E-state index >= 15 is 0 Å². The van der Waals surface area contributed by atoms with Gasteiger partial charge in [0.2, 0.25) is 0 Å². The van der Waals surface area contributed by atoms with E-state index in [0.29, 0.717) is 6.54 Å². The molecule has 2 aliphatic heterocycles. The summed E-state index contributed by atoms with van der Waals surface area (Å²) in [7, 11) is 1.81. The summed E-state index contributed by atoms with van der Waals surface area (Å²) in [4.78, 5) is 16.4. The number of carbonyl (C=O) groups is 1. The molecule has 1 aromatic rings. The Balaban J connectivity index is 1.42. The Morgan fingerprint density at radius 3 is 2.68 bits per heavy atom. The lowest BCUT2D eigenvalue weighted by Gasteiger charge is -2.26. The highest BCUT2D eigenvalue weighted by molar-refractivity contribution is 5.89. The molecule has 0 radical (unpaired) electrons. The van der Waals surface area contributed by atoms with Crippen molar-refractivity contribution in [2.75, 3.05) is 58.4 Å². The Morgan fingerprint density at radius 2 is 2.00 bits per heavy atom.